The number of rotatable bonds is 2. The minimum absolute atomic E-state index is 0.0745. The lowest BCUT2D eigenvalue weighted by molar-refractivity contribution is 0.172. The lowest BCUT2D eigenvalue weighted by Crippen LogP contribution is -2.27. The lowest BCUT2D eigenvalue weighted by Gasteiger charge is -2.18. The van der Waals surface area contributed by atoms with Gasteiger partial charge in [0, 0.05) is 0 Å². The second-order valence-electron chi connectivity index (χ2n) is 4.06. The maximum absolute atomic E-state index is 9.68. The molecule has 0 heterocycles. The Balaban J connectivity index is 2.13. The van der Waals surface area contributed by atoms with Gasteiger partial charge in [0.05, 0.1) is 34.5 Å². The summed E-state index contributed by atoms with van der Waals surface area (Å²) in [4.78, 5) is 0. The van der Waals surface area contributed by atoms with Crippen LogP contribution in [0.3, 0.4) is 0 Å². The molecule has 1 fully saturated rings. The zero-order valence-corrected chi connectivity index (χ0v) is 9.54. The minimum atomic E-state index is -0.299. The molecule has 0 radical (unpaired) electrons. The van der Waals surface area contributed by atoms with Gasteiger partial charge >= 0.3 is 0 Å². The van der Waals surface area contributed by atoms with Gasteiger partial charge in [0.25, 0.3) is 0 Å². The molecule has 3 nitrogen and oxygen atoms in total. The zero-order valence-electron chi connectivity index (χ0n) is 8.78. The Morgan fingerprint density at radius 1 is 1.44 bits per heavy atom. The van der Waals surface area contributed by atoms with Gasteiger partial charge < -0.3 is 10.4 Å². The van der Waals surface area contributed by atoms with Crippen LogP contribution in [0.25, 0.3) is 0 Å². The molecule has 1 aliphatic carbocycles. The third-order valence-electron chi connectivity index (χ3n) is 2.92. The first-order valence-electron chi connectivity index (χ1n) is 5.35. The molecule has 0 aliphatic heterocycles. The molecular formula is C12H13ClN2O. The van der Waals surface area contributed by atoms with Crippen LogP contribution >= 0.6 is 11.6 Å². The molecule has 84 valence electrons. The van der Waals surface area contributed by atoms with E-state index >= 15 is 0 Å². The molecule has 0 bridgehead atoms. The monoisotopic (exact) mass is 236 g/mol. The Morgan fingerprint density at radius 2 is 2.25 bits per heavy atom. The van der Waals surface area contributed by atoms with E-state index < -0.39 is 0 Å². The van der Waals surface area contributed by atoms with E-state index in [0.717, 1.165) is 24.9 Å². The Labute approximate surface area is 99.7 Å². The molecule has 2 rings (SSSR count). The second-order valence-corrected chi connectivity index (χ2v) is 4.46. The van der Waals surface area contributed by atoms with Crippen molar-refractivity contribution in [2.45, 2.75) is 31.4 Å². The van der Waals surface area contributed by atoms with Crippen molar-refractivity contribution in [2.24, 2.45) is 0 Å². The van der Waals surface area contributed by atoms with Gasteiger partial charge in [0.2, 0.25) is 0 Å². The number of nitrogens with zero attached hydrogens (tertiary/aromatic N) is 1. The van der Waals surface area contributed by atoms with Crippen LogP contribution in [-0.2, 0) is 0 Å². The molecule has 0 saturated heterocycles. The van der Waals surface area contributed by atoms with Crippen LogP contribution in [-0.4, -0.2) is 17.3 Å². The first kappa shape index (κ1) is 11.3. The molecule has 0 aromatic heterocycles. The summed E-state index contributed by atoms with van der Waals surface area (Å²) in [5.41, 5.74) is 1.33. The van der Waals surface area contributed by atoms with E-state index in [0.29, 0.717) is 10.6 Å². The van der Waals surface area contributed by atoms with Crippen LogP contribution < -0.4 is 5.32 Å². The summed E-state index contributed by atoms with van der Waals surface area (Å²) in [6, 6.07) is 7.24. The summed E-state index contributed by atoms with van der Waals surface area (Å²) in [6.45, 7) is 0. The lowest BCUT2D eigenvalue weighted by atomic mass is 10.1. The Hall–Kier alpha value is -1.24. The summed E-state index contributed by atoms with van der Waals surface area (Å²) in [7, 11) is 0. The highest BCUT2D eigenvalue weighted by Crippen LogP contribution is 2.28. The first-order valence-corrected chi connectivity index (χ1v) is 5.73. The quantitative estimate of drug-likeness (QED) is 0.830. The van der Waals surface area contributed by atoms with Crippen molar-refractivity contribution in [3.05, 3.63) is 28.8 Å². The number of hydrogen-bond acceptors (Lipinski definition) is 3. The van der Waals surface area contributed by atoms with Crippen LogP contribution in [0.4, 0.5) is 5.69 Å². The first-order chi connectivity index (χ1) is 7.70. The highest BCUT2D eigenvalue weighted by molar-refractivity contribution is 6.33. The smallest absolute Gasteiger partial charge is 0.0992 e. The molecule has 1 saturated carbocycles. The molecule has 1 aliphatic rings. The van der Waals surface area contributed by atoms with Crippen molar-refractivity contribution in [3.8, 4) is 6.07 Å². The second kappa shape index (κ2) is 4.73. The topological polar surface area (TPSA) is 56.0 Å². The Bertz CT molecular complexity index is 428. The van der Waals surface area contributed by atoms with Crippen LogP contribution in [0, 0.1) is 11.3 Å². The molecule has 0 spiro atoms. The van der Waals surface area contributed by atoms with E-state index in [1.54, 1.807) is 18.2 Å². The van der Waals surface area contributed by atoms with Gasteiger partial charge in [-0.2, -0.15) is 5.26 Å². The summed E-state index contributed by atoms with van der Waals surface area (Å²) in [6.07, 6.45) is 2.53. The highest BCUT2D eigenvalue weighted by Gasteiger charge is 2.25. The predicted molar refractivity (Wildman–Crippen MR) is 63.4 cm³/mol. The van der Waals surface area contributed by atoms with Gasteiger partial charge in [-0.25, -0.2) is 0 Å². The third kappa shape index (κ3) is 2.29. The maximum Gasteiger partial charge on any atom is 0.0992 e. The highest BCUT2D eigenvalue weighted by atomic mass is 35.5. The number of aliphatic hydroxyl groups excluding tert-OH is 1. The number of nitrogens with one attached hydrogen (secondary N) is 1. The fourth-order valence-electron chi connectivity index (χ4n) is 2.01. The van der Waals surface area contributed by atoms with Crippen molar-refractivity contribution >= 4 is 17.3 Å². The molecule has 16 heavy (non-hydrogen) atoms. The molecular weight excluding hydrogens is 224 g/mol. The Kier molecular flexibility index (Phi) is 3.33. The van der Waals surface area contributed by atoms with Crippen molar-refractivity contribution in [3.63, 3.8) is 0 Å². The van der Waals surface area contributed by atoms with Gasteiger partial charge in [0.1, 0.15) is 0 Å². The number of aliphatic hydroxyl groups is 1. The van der Waals surface area contributed by atoms with E-state index in [1.807, 2.05) is 6.07 Å². The van der Waals surface area contributed by atoms with E-state index in [9.17, 15) is 5.11 Å². The zero-order chi connectivity index (χ0) is 11.5. The molecule has 2 unspecified atom stereocenters. The van der Waals surface area contributed by atoms with Gasteiger partial charge in [-0.15, -0.1) is 0 Å². The number of anilines is 1. The van der Waals surface area contributed by atoms with Crippen LogP contribution in [0.1, 0.15) is 24.8 Å². The normalized spacial score (nSPS) is 24.1. The van der Waals surface area contributed by atoms with Gasteiger partial charge in [-0.3, -0.25) is 0 Å². The summed E-state index contributed by atoms with van der Waals surface area (Å²) in [5.74, 6) is 0. The van der Waals surface area contributed by atoms with Crippen LogP contribution in [0.2, 0.25) is 5.02 Å². The molecule has 1 aromatic carbocycles. The molecule has 2 N–H and O–H groups in total. The maximum atomic E-state index is 9.68. The fraction of sp³-hybridized carbons (Fsp3) is 0.417. The largest absolute Gasteiger partial charge is 0.391 e. The SMILES string of the molecule is N#Cc1ccc(NC2CCCC2O)c(Cl)c1. The van der Waals surface area contributed by atoms with Crippen molar-refractivity contribution in [2.75, 3.05) is 5.32 Å². The predicted octanol–water partition coefficient (Wildman–Crippen LogP) is 2.54. The third-order valence-corrected chi connectivity index (χ3v) is 3.23. The van der Waals surface area contributed by atoms with Crippen molar-refractivity contribution in [1.82, 2.24) is 0 Å². The number of hydrogen-bond donors (Lipinski definition) is 2. The van der Waals surface area contributed by atoms with Crippen molar-refractivity contribution < 1.29 is 5.11 Å². The van der Waals surface area contributed by atoms with E-state index in [4.69, 9.17) is 16.9 Å². The molecule has 1 aromatic rings. The van der Waals surface area contributed by atoms with E-state index in [2.05, 4.69) is 5.32 Å². The van der Waals surface area contributed by atoms with Gasteiger partial charge in [-0.1, -0.05) is 11.6 Å². The van der Waals surface area contributed by atoms with Crippen molar-refractivity contribution in [1.29, 1.82) is 5.26 Å². The minimum Gasteiger partial charge on any atom is -0.391 e. The van der Waals surface area contributed by atoms with Gasteiger partial charge in [0.15, 0.2) is 0 Å². The number of halogens is 1. The van der Waals surface area contributed by atoms with Gasteiger partial charge in [-0.05, 0) is 37.5 Å². The summed E-state index contributed by atoms with van der Waals surface area (Å²) >= 11 is 6.04. The number of benzene rings is 1. The standard InChI is InChI=1S/C12H13ClN2O/c13-9-6-8(7-14)4-5-10(9)15-11-2-1-3-12(11)16/h4-6,11-12,15-16H,1-3H2. The van der Waals surface area contributed by atoms with E-state index in [1.165, 1.54) is 0 Å². The molecule has 0 amide bonds. The average Bonchev–Trinajstić information content (AvgIpc) is 2.67. The molecule has 4 heteroatoms. The summed E-state index contributed by atoms with van der Waals surface area (Å²) in [5, 5.41) is 22.1. The number of nitriles is 1. The molecule has 2 atom stereocenters. The average molecular weight is 237 g/mol. The van der Waals surface area contributed by atoms with Crippen LogP contribution in [0.15, 0.2) is 18.2 Å². The summed E-state index contributed by atoms with van der Waals surface area (Å²) < 4.78 is 0. The Morgan fingerprint density at radius 3 is 2.81 bits per heavy atom. The fourth-order valence-corrected chi connectivity index (χ4v) is 2.25. The van der Waals surface area contributed by atoms with Crippen LogP contribution in [0.5, 0.6) is 0 Å². The van der Waals surface area contributed by atoms with E-state index in [-0.39, 0.29) is 12.1 Å².